The van der Waals surface area contributed by atoms with E-state index in [9.17, 15) is 14.0 Å². The van der Waals surface area contributed by atoms with E-state index in [1.807, 2.05) is 0 Å². The van der Waals surface area contributed by atoms with Gasteiger partial charge in [-0.15, -0.1) is 0 Å². The molecule has 0 spiro atoms. The number of benzene rings is 1. The molecule has 1 atom stereocenters. The first-order chi connectivity index (χ1) is 10.5. The van der Waals surface area contributed by atoms with E-state index in [0.717, 1.165) is 0 Å². The van der Waals surface area contributed by atoms with Crippen molar-refractivity contribution in [1.29, 1.82) is 0 Å². The predicted octanol–water partition coefficient (Wildman–Crippen LogP) is 1.68. The van der Waals surface area contributed by atoms with Crippen LogP contribution in [0.25, 0.3) is 0 Å². The number of nitrogens with zero attached hydrogens (tertiary/aromatic N) is 1. The van der Waals surface area contributed by atoms with Gasteiger partial charge in [-0.05, 0) is 32.0 Å². The van der Waals surface area contributed by atoms with Gasteiger partial charge in [-0.1, -0.05) is 0 Å². The third kappa shape index (κ3) is 3.87. The zero-order valence-electron chi connectivity index (χ0n) is 12.6. The molecular formula is C15H19FN2O4. The van der Waals surface area contributed by atoms with Crippen LogP contribution in [0.4, 0.5) is 9.18 Å². The molecule has 2 rings (SSSR count). The Kier molecular flexibility index (Phi) is 5.19. The molecule has 0 aliphatic carbocycles. The van der Waals surface area contributed by atoms with Crippen molar-refractivity contribution in [2.75, 3.05) is 19.8 Å². The van der Waals surface area contributed by atoms with Gasteiger partial charge in [0.2, 0.25) is 0 Å². The molecule has 0 saturated carbocycles. The average molecular weight is 310 g/mol. The molecule has 0 bridgehead atoms. The molecular weight excluding hydrogens is 291 g/mol. The van der Waals surface area contributed by atoms with Crippen molar-refractivity contribution in [1.82, 2.24) is 10.2 Å². The minimum Gasteiger partial charge on any atom is -0.491 e. The van der Waals surface area contributed by atoms with Gasteiger partial charge in [0.25, 0.3) is 0 Å². The van der Waals surface area contributed by atoms with Gasteiger partial charge in [0.1, 0.15) is 24.2 Å². The van der Waals surface area contributed by atoms with Crippen molar-refractivity contribution in [3.63, 3.8) is 0 Å². The number of carbonyl (C=O) groups excluding carboxylic acids is 2. The summed E-state index contributed by atoms with van der Waals surface area (Å²) in [6.45, 7) is 4.37. The second-order valence-electron chi connectivity index (χ2n) is 4.95. The van der Waals surface area contributed by atoms with Crippen LogP contribution in [0.2, 0.25) is 0 Å². The van der Waals surface area contributed by atoms with E-state index in [4.69, 9.17) is 9.47 Å². The van der Waals surface area contributed by atoms with E-state index in [0.29, 0.717) is 24.5 Å². The highest BCUT2D eigenvalue weighted by molar-refractivity contribution is 5.83. The van der Waals surface area contributed by atoms with Crippen LogP contribution >= 0.6 is 0 Å². The Hall–Kier alpha value is -2.31. The van der Waals surface area contributed by atoms with Crippen LogP contribution in [0.15, 0.2) is 18.2 Å². The summed E-state index contributed by atoms with van der Waals surface area (Å²) in [5, 5.41) is 2.57. The minimum atomic E-state index is -0.747. The van der Waals surface area contributed by atoms with Crippen LogP contribution in [-0.4, -0.2) is 42.7 Å². The molecule has 0 unspecified atom stereocenters. The smallest absolute Gasteiger partial charge is 0.328 e. The molecule has 0 fully saturated rings. The Labute approximate surface area is 128 Å². The summed E-state index contributed by atoms with van der Waals surface area (Å²) < 4.78 is 23.7. The van der Waals surface area contributed by atoms with Gasteiger partial charge in [-0.25, -0.2) is 14.0 Å². The van der Waals surface area contributed by atoms with E-state index in [2.05, 4.69) is 5.32 Å². The van der Waals surface area contributed by atoms with Crippen LogP contribution < -0.4 is 10.1 Å². The lowest BCUT2D eigenvalue weighted by atomic mass is 10.2. The summed E-state index contributed by atoms with van der Waals surface area (Å²) in [6, 6.07) is 3.05. The summed E-state index contributed by atoms with van der Waals surface area (Å²) >= 11 is 0. The first-order valence-electron chi connectivity index (χ1n) is 7.14. The number of fused-ring (bicyclic) bond motifs is 1. The Bertz CT molecular complexity index is 564. The fourth-order valence-electron chi connectivity index (χ4n) is 2.14. The fourth-order valence-corrected chi connectivity index (χ4v) is 2.14. The molecule has 1 aromatic carbocycles. The van der Waals surface area contributed by atoms with E-state index in [1.54, 1.807) is 19.9 Å². The second kappa shape index (κ2) is 7.11. The lowest BCUT2D eigenvalue weighted by Crippen LogP contribution is -2.47. The van der Waals surface area contributed by atoms with Crippen LogP contribution in [0.3, 0.4) is 0 Å². The number of urea groups is 1. The SMILES string of the molecule is CCOC(=O)[C@H](C)NC(=O)N1CCOc2ccc(F)cc2C1. The third-order valence-corrected chi connectivity index (χ3v) is 3.27. The maximum Gasteiger partial charge on any atom is 0.328 e. The predicted molar refractivity (Wildman–Crippen MR) is 76.9 cm³/mol. The molecule has 7 heteroatoms. The largest absolute Gasteiger partial charge is 0.491 e. The number of hydrogen-bond acceptors (Lipinski definition) is 4. The summed E-state index contributed by atoms with van der Waals surface area (Å²) in [5.74, 6) is -0.312. The topological polar surface area (TPSA) is 67.9 Å². The van der Waals surface area contributed by atoms with Crippen LogP contribution in [0.5, 0.6) is 5.75 Å². The quantitative estimate of drug-likeness (QED) is 0.863. The van der Waals surface area contributed by atoms with Gasteiger partial charge in [0.15, 0.2) is 0 Å². The summed E-state index contributed by atoms with van der Waals surface area (Å²) in [5.41, 5.74) is 0.594. The van der Waals surface area contributed by atoms with Gasteiger partial charge < -0.3 is 19.7 Å². The van der Waals surface area contributed by atoms with Crippen molar-refractivity contribution in [2.24, 2.45) is 0 Å². The number of ether oxygens (including phenoxy) is 2. The van der Waals surface area contributed by atoms with Crippen molar-refractivity contribution in [3.05, 3.63) is 29.6 Å². The maximum absolute atomic E-state index is 13.3. The van der Waals surface area contributed by atoms with Crippen molar-refractivity contribution < 1.29 is 23.5 Å². The van der Waals surface area contributed by atoms with E-state index in [1.165, 1.54) is 17.0 Å². The summed E-state index contributed by atoms with van der Waals surface area (Å²) in [7, 11) is 0. The molecule has 1 aromatic rings. The monoisotopic (exact) mass is 310 g/mol. The molecule has 120 valence electrons. The number of rotatable bonds is 3. The third-order valence-electron chi connectivity index (χ3n) is 3.27. The first kappa shape index (κ1) is 16.1. The van der Waals surface area contributed by atoms with Crippen LogP contribution in [-0.2, 0) is 16.1 Å². The van der Waals surface area contributed by atoms with Gasteiger partial charge in [-0.3, -0.25) is 0 Å². The van der Waals surface area contributed by atoms with Gasteiger partial charge in [-0.2, -0.15) is 0 Å². The van der Waals surface area contributed by atoms with Gasteiger partial charge in [0, 0.05) is 5.56 Å². The molecule has 1 aliphatic rings. The molecule has 1 heterocycles. The maximum atomic E-state index is 13.3. The Morgan fingerprint density at radius 3 is 3.00 bits per heavy atom. The average Bonchev–Trinajstić information content (AvgIpc) is 2.69. The molecule has 1 aliphatic heterocycles. The zero-order valence-corrected chi connectivity index (χ0v) is 12.6. The molecule has 1 N–H and O–H groups in total. The molecule has 0 saturated heterocycles. The first-order valence-corrected chi connectivity index (χ1v) is 7.14. The fraction of sp³-hybridized carbons (Fsp3) is 0.467. The lowest BCUT2D eigenvalue weighted by Gasteiger charge is -2.22. The zero-order chi connectivity index (χ0) is 16.1. The highest BCUT2D eigenvalue weighted by Gasteiger charge is 2.23. The van der Waals surface area contributed by atoms with E-state index < -0.39 is 18.0 Å². The van der Waals surface area contributed by atoms with Crippen LogP contribution in [0.1, 0.15) is 19.4 Å². The van der Waals surface area contributed by atoms with Gasteiger partial charge in [0.05, 0.1) is 19.7 Å². The standard InChI is InChI=1S/C15H19FN2O4/c1-3-21-14(19)10(2)17-15(20)18-6-7-22-13-5-4-12(16)8-11(13)9-18/h4-5,8,10H,3,6-7,9H2,1-2H3,(H,17,20)/t10-/m0/s1. The highest BCUT2D eigenvalue weighted by atomic mass is 19.1. The Morgan fingerprint density at radius 2 is 2.27 bits per heavy atom. The molecule has 22 heavy (non-hydrogen) atoms. The minimum absolute atomic E-state index is 0.217. The number of amides is 2. The molecule has 2 amide bonds. The highest BCUT2D eigenvalue weighted by Crippen LogP contribution is 2.23. The summed E-state index contributed by atoms with van der Waals surface area (Å²) in [6.07, 6.45) is 0. The second-order valence-corrected chi connectivity index (χ2v) is 4.95. The molecule has 6 nitrogen and oxygen atoms in total. The summed E-state index contributed by atoms with van der Waals surface area (Å²) in [4.78, 5) is 25.2. The number of halogens is 1. The van der Waals surface area contributed by atoms with E-state index in [-0.39, 0.29) is 19.0 Å². The van der Waals surface area contributed by atoms with Gasteiger partial charge >= 0.3 is 12.0 Å². The number of nitrogens with one attached hydrogen (secondary N) is 1. The van der Waals surface area contributed by atoms with Crippen molar-refractivity contribution in [2.45, 2.75) is 26.4 Å². The van der Waals surface area contributed by atoms with Crippen molar-refractivity contribution >= 4 is 12.0 Å². The van der Waals surface area contributed by atoms with Crippen LogP contribution in [0, 0.1) is 5.82 Å². The Balaban J connectivity index is 2.03. The number of hydrogen-bond donors (Lipinski definition) is 1. The molecule has 0 radical (unpaired) electrons. The number of carbonyl (C=O) groups is 2. The number of esters is 1. The van der Waals surface area contributed by atoms with Crippen molar-refractivity contribution in [3.8, 4) is 5.75 Å². The normalized spacial score (nSPS) is 15.1. The lowest BCUT2D eigenvalue weighted by molar-refractivity contribution is -0.144. The van der Waals surface area contributed by atoms with E-state index >= 15 is 0 Å². The Morgan fingerprint density at radius 1 is 1.50 bits per heavy atom. The molecule has 0 aromatic heterocycles.